The summed E-state index contributed by atoms with van der Waals surface area (Å²) in [5.74, 6) is 3.20. The molecule has 0 spiro atoms. The zero-order valence-electron chi connectivity index (χ0n) is 21.1. The first-order valence-corrected chi connectivity index (χ1v) is 13.5. The highest BCUT2D eigenvalue weighted by Gasteiger charge is 2.55. The molecule has 4 atom stereocenters. The Morgan fingerprint density at radius 1 is 0.947 bits per heavy atom. The number of carbonyl (C=O) groups excluding carboxylic acids is 2. The van der Waals surface area contributed by atoms with Gasteiger partial charge >= 0.3 is 0 Å². The summed E-state index contributed by atoms with van der Waals surface area (Å²) in [5, 5.41) is 6.01. The van der Waals surface area contributed by atoms with Crippen LogP contribution in [0.5, 0.6) is 0 Å². The molecule has 192 valence electrons. The van der Waals surface area contributed by atoms with Crippen molar-refractivity contribution in [3.8, 4) is 11.4 Å². The number of hydrogen-bond donors (Lipinski definition) is 3. The standard InChI is InChI=1S/C30H30N6O2/c37-28(23-6-1-2-11-31-23)36-26-13-24-25(17-32-26)35-27(34-24)19-7-9-22(10-8-19)33-29(38)30-14-18-4-3-5-20(15-30)21(12-18)16-30/h1-2,6-11,13,17-18,20-21H,3-5,12,14-16H2,(H,33,38)(H,34,35)(H,32,36,37). The number of H-pyrrole nitrogens is 1. The summed E-state index contributed by atoms with van der Waals surface area (Å²) in [6, 6.07) is 14.7. The number of rotatable bonds is 5. The van der Waals surface area contributed by atoms with Crippen LogP contribution in [0, 0.1) is 23.2 Å². The van der Waals surface area contributed by atoms with Crippen molar-refractivity contribution in [1.29, 1.82) is 0 Å². The van der Waals surface area contributed by atoms with Crippen LogP contribution in [0.1, 0.15) is 55.4 Å². The van der Waals surface area contributed by atoms with Crippen molar-refractivity contribution in [2.75, 3.05) is 10.6 Å². The van der Waals surface area contributed by atoms with E-state index in [2.05, 4.69) is 25.6 Å². The summed E-state index contributed by atoms with van der Waals surface area (Å²) < 4.78 is 0. The van der Waals surface area contributed by atoms with Crippen LogP contribution < -0.4 is 10.6 Å². The monoisotopic (exact) mass is 506 g/mol. The molecule has 0 saturated heterocycles. The molecular weight excluding hydrogens is 476 g/mol. The lowest BCUT2D eigenvalue weighted by atomic mass is 9.69. The first kappa shape index (κ1) is 23.1. The number of fused-ring (bicyclic) bond motifs is 3. The Hall–Kier alpha value is -4.07. The predicted octanol–water partition coefficient (Wildman–Crippen LogP) is 5.82. The third kappa shape index (κ3) is 4.14. The molecule has 3 heterocycles. The van der Waals surface area contributed by atoms with E-state index in [-0.39, 0.29) is 17.2 Å². The summed E-state index contributed by atoms with van der Waals surface area (Å²) in [6.45, 7) is 0. The van der Waals surface area contributed by atoms with Gasteiger partial charge in [0.05, 0.1) is 22.6 Å². The minimum absolute atomic E-state index is 0.174. The minimum atomic E-state index is -0.324. The van der Waals surface area contributed by atoms with E-state index < -0.39 is 0 Å². The number of anilines is 2. The first-order valence-electron chi connectivity index (χ1n) is 13.5. The molecule has 3 aliphatic rings. The lowest BCUT2D eigenvalue weighted by molar-refractivity contribution is -0.127. The fraction of sp³-hybridized carbons (Fsp3) is 0.367. The zero-order valence-corrected chi connectivity index (χ0v) is 21.1. The third-order valence-electron chi connectivity index (χ3n) is 8.88. The van der Waals surface area contributed by atoms with Crippen molar-refractivity contribution >= 4 is 34.4 Å². The second-order valence-corrected chi connectivity index (χ2v) is 11.3. The van der Waals surface area contributed by atoms with Crippen molar-refractivity contribution in [2.45, 2.75) is 44.9 Å². The van der Waals surface area contributed by atoms with Crippen LogP contribution in [0.3, 0.4) is 0 Å². The summed E-state index contributed by atoms with van der Waals surface area (Å²) in [6.07, 6.45) is 11.7. The molecule has 3 N–H and O–H groups in total. The molecule has 8 heteroatoms. The number of amides is 2. The lowest BCUT2D eigenvalue weighted by Gasteiger charge is -2.36. The molecule has 2 amide bonds. The van der Waals surface area contributed by atoms with Gasteiger partial charge in [0.15, 0.2) is 0 Å². The highest BCUT2D eigenvalue weighted by atomic mass is 16.2. The molecule has 8 nitrogen and oxygen atoms in total. The van der Waals surface area contributed by atoms with Crippen LogP contribution in [0.25, 0.3) is 22.4 Å². The number of aromatic amines is 1. The number of hydrogen-bond acceptors (Lipinski definition) is 5. The maximum absolute atomic E-state index is 13.5. The Morgan fingerprint density at radius 2 is 1.82 bits per heavy atom. The quantitative estimate of drug-likeness (QED) is 0.316. The van der Waals surface area contributed by atoms with E-state index in [9.17, 15) is 9.59 Å². The second kappa shape index (κ2) is 9.04. The molecule has 38 heavy (non-hydrogen) atoms. The van der Waals surface area contributed by atoms with Gasteiger partial charge in [-0.05, 0) is 79.8 Å². The van der Waals surface area contributed by atoms with Crippen LogP contribution in [-0.2, 0) is 4.79 Å². The summed E-state index contributed by atoms with van der Waals surface area (Å²) in [7, 11) is 0. The second-order valence-electron chi connectivity index (χ2n) is 11.3. The summed E-state index contributed by atoms with van der Waals surface area (Å²) in [5.41, 5.74) is 3.34. The first-order chi connectivity index (χ1) is 18.5. The molecule has 4 aromatic rings. The molecular formula is C30H30N6O2. The van der Waals surface area contributed by atoms with Gasteiger partial charge in [-0.2, -0.15) is 0 Å². The minimum Gasteiger partial charge on any atom is -0.337 e. The Kier molecular flexibility index (Phi) is 5.49. The number of imidazole rings is 1. The Labute approximate surface area is 220 Å². The Balaban J connectivity index is 1.05. The SMILES string of the molecule is O=C(Nc1cc2nc(-c3ccc(NC(=O)C45CC6CCCC(C4)C(C6)C5)cc3)[nH]c2cn1)c1ccccn1. The highest BCUT2D eigenvalue weighted by molar-refractivity contribution is 6.03. The molecule has 3 aromatic heterocycles. The number of carbonyl (C=O) groups is 2. The smallest absolute Gasteiger partial charge is 0.275 e. The van der Waals surface area contributed by atoms with Crippen LogP contribution in [-0.4, -0.2) is 31.8 Å². The van der Waals surface area contributed by atoms with E-state index in [1.807, 2.05) is 24.3 Å². The molecule has 3 aliphatic carbocycles. The van der Waals surface area contributed by atoms with Gasteiger partial charge < -0.3 is 15.6 Å². The zero-order chi connectivity index (χ0) is 25.7. The van der Waals surface area contributed by atoms with Gasteiger partial charge in [-0.1, -0.05) is 25.3 Å². The molecule has 0 radical (unpaired) electrons. The molecule has 3 saturated carbocycles. The van der Waals surface area contributed by atoms with Crippen LogP contribution in [0.4, 0.5) is 11.5 Å². The van der Waals surface area contributed by atoms with Gasteiger partial charge in [0.25, 0.3) is 5.91 Å². The average Bonchev–Trinajstić information content (AvgIpc) is 3.43. The van der Waals surface area contributed by atoms with Crippen molar-refractivity contribution < 1.29 is 9.59 Å². The number of nitrogens with zero attached hydrogens (tertiary/aromatic N) is 3. The largest absolute Gasteiger partial charge is 0.337 e. The third-order valence-corrected chi connectivity index (χ3v) is 8.88. The number of aromatic nitrogens is 4. The molecule has 1 aromatic carbocycles. The summed E-state index contributed by atoms with van der Waals surface area (Å²) in [4.78, 5) is 42.3. The van der Waals surface area contributed by atoms with Gasteiger partial charge in [0, 0.05) is 23.5 Å². The van der Waals surface area contributed by atoms with Gasteiger partial charge in [-0.3, -0.25) is 14.6 Å². The summed E-state index contributed by atoms with van der Waals surface area (Å²) >= 11 is 0. The van der Waals surface area contributed by atoms with Gasteiger partial charge in [-0.15, -0.1) is 0 Å². The van der Waals surface area contributed by atoms with Crippen molar-refractivity contribution in [3.63, 3.8) is 0 Å². The van der Waals surface area contributed by atoms with E-state index in [4.69, 9.17) is 4.98 Å². The normalized spacial score (nSPS) is 25.7. The molecule has 3 bridgehead atoms. The van der Waals surface area contributed by atoms with Crippen molar-refractivity contribution in [2.24, 2.45) is 23.2 Å². The molecule has 7 rings (SSSR count). The Morgan fingerprint density at radius 3 is 2.66 bits per heavy atom. The van der Waals surface area contributed by atoms with E-state index in [0.717, 1.165) is 53.8 Å². The van der Waals surface area contributed by atoms with E-state index >= 15 is 0 Å². The highest BCUT2D eigenvalue weighted by Crippen LogP contribution is 2.60. The van der Waals surface area contributed by atoms with E-state index in [1.54, 1.807) is 36.7 Å². The lowest BCUT2D eigenvalue weighted by Crippen LogP contribution is -2.38. The van der Waals surface area contributed by atoms with Crippen LogP contribution in [0.2, 0.25) is 0 Å². The number of nitrogens with one attached hydrogen (secondary N) is 3. The maximum Gasteiger partial charge on any atom is 0.275 e. The fourth-order valence-electron chi connectivity index (χ4n) is 7.20. The topological polar surface area (TPSA) is 113 Å². The molecule has 4 unspecified atom stereocenters. The predicted molar refractivity (Wildman–Crippen MR) is 145 cm³/mol. The average molecular weight is 507 g/mol. The van der Waals surface area contributed by atoms with Gasteiger partial charge in [0.2, 0.25) is 5.91 Å². The number of pyridine rings is 2. The van der Waals surface area contributed by atoms with Crippen LogP contribution in [0.15, 0.2) is 60.9 Å². The molecule has 3 fully saturated rings. The molecule has 0 aliphatic heterocycles. The maximum atomic E-state index is 13.5. The van der Waals surface area contributed by atoms with Crippen molar-refractivity contribution in [3.05, 3.63) is 66.6 Å². The van der Waals surface area contributed by atoms with E-state index in [1.165, 1.54) is 25.7 Å². The van der Waals surface area contributed by atoms with E-state index in [0.29, 0.717) is 22.9 Å². The van der Waals surface area contributed by atoms with Gasteiger partial charge in [-0.25, -0.2) is 9.97 Å². The van der Waals surface area contributed by atoms with Crippen LogP contribution >= 0.6 is 0 Å². The fourth-order valence-corrected chi connectivity index (χ4v) is 7.20. The van der Waals surface area contributed by atoms with Crippen molar-refractivity contribution in [1.82, 2.24) is 19.9 Å². The number of benzene rings is 1. The Bertz CT molecular complexity index is 1510. The van der Waals surface area contributed by atoms with Gasteiger partial charge in [0.1, 0.15) is 17.3 Å².